The lowest BCUT2D eigenvalue weighted by Crippen LogP contribution is -2.37. The summed E-state index contributed by atoms with van der Waals surface area (Å²) in [6.07, 6.45) is 2.76. The molecule has 1 fully saturated rings. The van der Waals surface area contributed by atoms with Crippen LogP contribution >= 0.6 is 23.1 Å². The quantitative estimate of drug-likeness (QED) is 0.874. The largest absolute Gasteiger partial charge is 0.375 e. The molecular weight excluding hydrogens is 254 g/mol. The Kier molecular flexibility index (Phi) is 3.93. The molecule has 1 saturated heterocycles. The highest BCUT2D eigenvalue weighted by Crippen LogP contribution is 2.36. The lowest BCUT2D eigenvalue weighted by Gasteiger charge is -2.22. The fourth-order valence-electron chi connectivity index (χ4n) is 1.89. The number of nitrogen functional groups attached to an aromatic ring is 1. The first kappa shape index (κ1) is 12.7. The summed E-state index contributed by atoms with van der Waals surface area (Å²) < 4.78 is 0.219. The SMILES string of the molecule is CC1(CNC(=O)Cc2csc(N)n2)CCCS1. The van der Waals surface area contributed by atoms with Crippen molar-refractivity contribution in [3.63, 3.8) is 0 Å². The molecule has 0 spiro atoms. The molecule has 1 amide bonds. The number of nitrogens with one attached hydrogen (secondary N) is 1. The van der Waals surface area contributed by atoms with Crippen LogP contribution < -0.4 is 11.1 Å². The molecule has 2 heterocycles. The number of nitrogens with zero attached hydrogens (tertiary/aromatic N) is 1. The van der Waals surface area contributed by atoms with E-state index in [9.17, 15) is 4.79 Å². The molecule has 2 rings (SSSR count). The van der Waals surface area contributed by atoms with Crippen molar-refractivity contribution in [3.8, 4) is 0 Å². The van der Waals surface area contributed by atoms with E-state index in [1.54, 1.807) is 0 Å². The maximum atomic E-state index is 11.7. The fraction of sp³-hybridized carbons (Fsp3) is 0.636. The minimum Gasteiger partial charge on any atom is -0.375 e. The average Bonchev–Trinajstić information content (AvgIpc) is 2.86. The Morgan fingerprint density at radius 3 is 3.12 bits per heavy atom. The summed E-state index contributed by atoms with van der Waals surface area (Å²) in [6, 6.07) is 0. The van der Waals surface area contributed by atoms with Crippen molar-refractivity contribution in [3.05, 3.63) is 11.1 Å². The number of anilines is 1. The van der Waals surface area contributed by atoms with Crippen LogP contribution in [0.3, 0.4) is 0 Å². The predicted octanol–water partition coefficient (Wildman–Crippen LogP) is 1.67. The third-order valence-corrected chi connectivity index (χ3v) is 5.13. The van der Waals surface area contributed by atoms with Crippen molar-refractivity contribution in [2.75, 3.05) is 18.0 Å². The monoisotopic (exact) mass is 271 g/mol. The molecule has 1 aromatic heterocycles. The van der Waals surface area contributed by atoms with Crippen molar-refractivity contribution in [1.29, 1.82) is 0 Å². The van der Waals surface area contributed by atoms with Gasteiger partial charge in [-0.15, -0.1) is 11.3 Å². The highest BCUT2D eigenvalue weighted by molar-refractivity contribution is 8.00. The molecule has 6 heteroatoms. The molecule has 0 bridgehead atoms. The van der Waals surface area contributed by atoms with E-state index in [4.69, 9.17) is 5.73 Å². The van der Waals surface area contributed by atoms with Crippen LogP contribution in [0.15, 0.2) is 5.38 Å². The standard InChI is InChI=1S/C11H17N3OS2/c1-11(3-2-4-17-11)7-13-9(15)5-8-6-16-10(12)14-8/h6H,2-5,7H2,1H3,(H2,12,14)(H,13,15). The zero-order chi connectivity index (χ0) is 12.3. The second-order valence-electron chi connectivity index (χ2n) is 4.53. The van der Waals surface area contributed by atoms with Crippen LogP contribution in [0.5, 0.6) is 0 Å². The molecule has 4 nitrogen and oxygen atoms in total. The molecule has 0 aromatic carbocycles. The van der Waals surface area contributed by atoms with Crippen molar-refractivity contribution < 1.29 is 4.79 Å². The lowest BCUT2D eigenvalue weighted by molar-refractivity contribution is -0.120. The Hall–Kier alpha value is -0.750. The van der Waals surface area contributed by atoms with Gasteiger partial charge in [0.2, 0.25) is 5.91 Å². The molecule has 1 unspecified atom stereocenters. The second-order valence-corrected chi connectivity index (χ2v) is 7.10. The molecule has 0 aliphatic carbocycles. The van der Waals surface area contributed by atoms with Crippen LogP contribution in [0.4, 0.5) is 5.13 Å². The maximum absolute atomic E-state index is 11.7. The predicted molar refractivity (Wildman–Crippen MR) is 73.3 cm³/mol. The van der Waals surface area contributed by atoms with Crippen LogP contribution in [0.1, 0.15) is 25.5 Å². The van der Waals surface area contributed by atoms with E-state index >= 15 is 0 Å². The van der Waals surface area contributed by atoms with Gasteiger partial charge in [-0.1, -0.05) is 0 Å². The molecule has 1 aliphatic rings. The van der Waals surface area contributed by atoms with Gasteiger partial charge in [0, 0.05) is 16.7 Å². The third kappa shape index (κ3) is 3.61. The number of hydrogen-bond donors (Lipinski definition) is 2. The molecule has 17 heavy (non-hydrogen) atoms. The molecule has 0 radical (unpaired) electrons. The summed E-state index contributed by atoms with van der Waals surface area (Å²) in [5.41, 5.74) is 6.28. The highest BCUT2D eigenvalue weighted by Gasteiger charge is 2.29. The fourth-order valence-corrected chi connectivity index (χ4v) is 3.70. The number of thiazole rings is 1. The number of nitrogens with two attached hydrogens (primary N) is 1. The van der Waals surface area contributed by atoms with Crippen LogP contribution in [0.2, 0.25) is 0 Å². The smallest absolute Gasteiger partial charge is 0.226 e. The van der Waals surface area contributed by atoms with Gasteiger partial charge < -0.3 is 11.1 Å². The summed E-state index contributed by atoms with van der Waals surface area (Å²) in [4.78, 5) is 15.8. The number of hydrogen-bond acceptors (Lipinski definition) is 5. The van der Waals surface area contributed by atoms with E-state index < -0.39 is 0 Å². The summed E-state index contributed by atoms with van der Waals surface area (Å²) >= 11 is 3.32. The Balaban J connectivity index is 1.77. The minimum absolute atomic E-state index is 0.0315. The van der Waals surface area contributed by atoms with Gasteiger partial charge in [-0.25, -0.2) is 4.98 Å². The molecule has 0 saturated carbocycles. The topological polar surface area (TPSA) is 68.0 Å². The zero-order valence-electron chi connectivity index (χ0n) is 9.86. The summed E-state index contributed by atoms with van der Waals surface area (Å²) in [7, 11) is 0. The Morgan fingerprint density at radius 1 is 1.71 bits per heavy atom. The summed E-state index contributed by atoms with van der Waals surface area (Å²) in [5.74, 6) is 1.23. The molecular formula is C11H17N3OS2. The number of thioether (sulfide) groups is 1. The maximum Gasteiger partial charge on any atom is 0.226 e. The van der Waals surface area contributed by atoms with Crippen LogP contribution in [-0.2, 0) is 11.2 Å². The average molecular weight is 271 g/mol. The van der Waals surface area contributed by atoms with Gasteiger partial charge in [-0.2, -0.15) is 11.8 Å². The number of aromatic nitrogens is 1. The third-order valence-electron chi connectivity index (χ3n) is 2.87. The van der Waals surface area contributed by atoms with Crippen LogP contribution in [-0.4, -0.2) is 27.9 Å². The Morgan fingerprint density at radius 2 is 2.53 bits per heavy atom. The van der Waals surface area contributed by atoms with Gasteiger partial charge in [-0.3, -0.25) is 4.79 Å². The van der Waals surface area contributed by atoms with Crippen molar-refractivity contribution in [1.82, 2.24) is 10.3 Å². The highest BCUT2D eigenvalue weighted by atomic mass is 32.2. The van der Waals surface area contributed by atoms with Crippen molar-refractivity contribution in [2.24, 2.45) is 0 Å². The Bertz CT molecular complexity index is 399. The van der Waals surface area contributed by atoms with Gasteiger partial charge in [0.05, 0.1) is 12.1 Å². The van der Waals surface area contributed by atoms with Crippen molar-refractivity contribution in [2.45, 2.75) is 30.9 Å². The lowest BCUT2D eigenvalue weighted by atomic mass is 10.1. The first-order valence-corrected chi connectivity index (χ1v) is 7.54. The van der Waals surface area contributed by atoms with E-state index in [2.05, 4.69) is 17.2 Å². The molecule has 1 aromatic rings. The van der Waals surface area contributed by atoms with E-state index in [1.807, 2.05) is 17.1 Å². The summed E-state index contributed by atoms with van der Waals surface area (Å²) in [5, 5.41) is 5.34. The summed E-state index contributed by atoms with van der Waals surface area (Å²) in [6.45, 7) is 2.96. The van der Waals surface area contributed by atoms with Gasteiger partial charge in [0.25, 0.3) is 0 Å². The van der Waals surface area contributed by atoms with E-state index in [1.165, 1.54) is 29.9 Å². The van der Waals surface area contributed by atoms with Crippen LogP contribution in [0, 0.1) is 0 Å². The van der Waals surface area contributed by atoms with Crippen LogP contribution in [0.25, 0.3) is 0 Å². The van der Waals surface area contributed by atoms with Gasteiger partial charge in [0.15, 0.2) is 5.13 Å². The van der Waals surface area contributed by atoms with E-state index in [0.29, 0.717) is 11.6 Å². The van der Waals surface area contributed by atoms with E-state index in [-0.39, 0.29) is 10.7 Å². The number of carbonyl (C=O) groups is 1. The zero-order valence-corrected chi connectivity index (χ0v) is 11.5. The van der Waals surface area contributed by atoms with Gasteiger partial charge >= 0.3 is 0 Å². The number of rotatable bonds is 4. The van der Waals surface area contributed by atoms with Crippen molar-refractivity contribution >= 4 is 34.1 Å². The first-order chi connectivity index (χ1) is 8.07. The molecule has 3 N–H and O–H groups in total. The molecule has 94 valence electrons. The molecule has 1 atom stereocenters. The first-order valence-electron chi connectivity index (χ1n) is 5.68. The number of carbonyl (C=O) groups excluding carboxylic acids is 1. The van der Waals surface area contributed by atoms with E-state index in [0.717, 1.165) is 12.2 Å². The van der Waals surface area contributed by atoms with Gasteiger partial charge in [0.1, 0.15) is 0 Å². The Labute approximate surface area is 109 Å². The second kappa shape index (κ2) is 5.27. The number of amides is 1. The van der Waals surface area contributed by atoms with Gasteiger partial charge in [-0.05, 0) is 25.5 Å². The molecule has 1 aliphatic heterocycles. The normalized spacial score (nSPS) is 23.8. The minimum atomic E-state index is 0.0315.